The van der Waals surface area contributed by atoms with Gasteiger partial charge in [-0.15, -0.1) is 0 Å². The molecule has 1 saturated heterocycles. The minimum Gasteiger partial charge on any atom is -0.409 e. The molecule has 0 saturated carbocycles. The van der Waals surface area contributed by atoms with Crippen LogP contribution >= 0.6 is 27.7 Å². The number of oxime groups is 1. The van der Waals surface area contributed by atoms with E-state index >= 15 is 0 Å². The Kier molecular flexibility index (Phi) is 5.35. The quantitative estimate of drug-likeness (QED) is 0.376. The third-order valence-corrected chi connectivity index (χ3v) is 6.15. The van der Waals surface area contributed by atoms with E-state index in [1.54, 1.807) is 11.8 Å². The Morgan fingerprint density at radius 2 is 2.10 bits per heavy atom. The topological polar surface area (TPSA) is 61.9 Å². The zero-order valence-corrected chi connectivity index (χ0v) is 14.0. The van der Waals surface area contributed by atoms with Gasteiger partial charge in [0.05, 0.1) is 4.75 Å². The second-order valence-corrected chi connectivity index (χ2v) is 7.10. The van der Waals surface area contributed by atoms with Crippen LogP contribution in [0.4, 0.5) is 0 Å². The summed E-state index contributed by atoms with van der Waals surface area (Å²) in [6.07, 6.45) is 3.85. The molecule has 0 unspecified atom stereocenters. The first-order valence-corrected chi connectivity index (χ1v) is 8.62. The summed E-state index contributed by atoms with van der Waals surface area (Å²) in [5.41, 5.74) is 7.17. The number of nitrogens with two attached hydrogens (primary N) is 1. The van der Waals surface area contributed by atoms with Crippen LogP contribution in [0.1, 0.15) is 18.4 Å². The number of thioether (sulfide) groups is 1. The highest BCUT2D eigenvalue weighted by atomic mass is 79.9. The van der Waals surface area contributed by atoms with Gasteiger partial charge in [-0.1, -0.05) is 39.3 Å². The van der Waals surface area contributed by atoms with Gasteiger partial charge in [0.1, 0.15) is 0 Å². The van der Waals surface area contributed by atoms with Gasteiger partial charge in [-0.3, -0.25) is 4.90 Å². The van der Waals surface area contributed by atoms with E-state index in [0.717, 1.165) is 36.9 Å². The van der Waals surface area contributed by atoms with Crippen molar-refractivity contribution in [3.05, 3.63) is 34.3 Å². The Labute approximate surface area is 132 Å². The Hall–Kier alpha value is -0.720. The van der Waals surface area contributed by atoms with Crippen molar-refractivity contribution in [3.8, 4) is 0 Å². The zero-order valence-electron chi connectivity index (χ0n) is 11.6. The molecule has 1 aliphatic rings. The molecule has 1 heterocycles. The van der Waals surface area contributed by atoms with E-state index in [1.807, 2.05) is 12.3 Å². The molecule has 1 fully saturated rings. The third kappa shape index (κ3) is 3.30. The molecule has 0 amide bonds. The normalized spacial score (nSPS) is 20.0. The average molecular weight is 358 g/mol. The van der Waals surface area contributed by atoms with Crippen LogP contribution in [0.5, 0.6) is 0 Å². The van der Waals surface area contributed by atoms with E-state index in [9.17, 15) is 0 Å². The predicted molar refractivity (Wildman–Crippen MR) is 88.3 cm³/mol. The first-order chi connectivity index (χ1) is 9.61. The van der Waals surface area contributed by atoms with Gasteiger partial charge in [0.25, 0.3) is 0 Å². The molecule has 0 aliphatic carbocycles. The Bertz CT molecular complexity index is 487. The number of hydrogen-bond acceptors (Lipinski definition) is 4. The molecule has 1 aliphatic heterocycles. The number of rotatable bonds is 4. The smallest absolute Gasteiger partial charge is 0.155 e. The van der Waals surface area contributed by atoms with Crippen molar-refractivity contribution in [1.29, 1.82) is 0 Å². The van der Waals surface area contributed by atoms with Crippen molar-refractivity contribution >= 4 is 33.5 Å². The van der Waals surface area contributed by atoms with Crippen molar-refractivity contribution in [2.75, 3.05) is 19.3 Å². The van der Waals surface area contributed by atoms with Crippen LogP contribution in [0.3, 0.4) is 0 Å². The highest BCUT2D eigenvalue weighted by molar-refractivity contribution is 9.10. The maximum absolute atomic E-state index is 8.95. The minimum atomic E-state index is -0.209. The SMILES string of the molecule is CSC1(C(N)=NO)CCN(Cc2ccccc2Br)CC1. The number of amidine groups is 1. The first kappa shape index (κ1) is 15.7. The van der Waals surface area contributed by atoms with Crippen molar-refractivity contribution < 1.29 is 5.21 Å². The molecular formula is C14H20BrN3OS. The summed E-state index contributed by atoms with van der Waals surface area (Å²) in [5.74, 6) is 0.352. The average Bonchev–Trinajstić information content (AvgIpc) is 2.50. The van der Waals surface area contributed by atoms with Crippen molar-refractivity contribution in [3.63, 3.8) is 0 Å². The number of likely N-dealkylation sites (tertiary alicyclic amines) is 1. The molecule has 0 radical (unpaired) electrons. The molecule has 2 rings (SSSR count). The first-order valence-electron chi connectivity index (χ1n) is 6.60. The van der Waals surface area contributed by atoms with E-state index in [1.165, 1.54) is 5.56 Å². The number of hydrogen-bond donors (Lipinski definition) is 2. The molecule has 0 spiro atoms. The maximum atomic E-state index is 8.95. The van der Waals surface area contributed by atoms with Gasteiger partial charge in [0.2, 0.25) is 0 Å². The van der Waals surface area contributed by atoms with Crippen LogP contribution in [-0.4, -0.2) is 40.0 Å². The fourth-order valence-corrected chi connectivity index (χ4v) is 3.85. The molecule has 6 heteroatoms. The van der Waals surface area contributed by atoms with Crippen LogP contribution in [0.2, 0.25) is 0 Å². The number of benzene rings is 1. The van der Waals surface area contributed by atoms with Gasteiger partial charge in [0.15, 0.2) is 5.84 Å². The lowest BCUT2D eigenvalue weighted by Crippen LogP contribution is -2.49. The Morgan fingerprint density at radius 1 is 1.45 bits per heavy atom. The molecule has 110 valence electrons. The van der Waals surface area contributed by atoms with Gasteiger partial charge in [0, 0.05) is 24.1 Å². The molecule has 0 atom stereocenters. The molecule has 0 bridgehead atoms. The summed E-state index contributed by atoms with van der Waals surface area (Å²) in [4.78, 5) is 2.42. The fraction of sp³-hybridized carbons (Fsp3) is 0.500. The summed E-state index contributed by atoms with van der Waals surface area (Å²) >= 11 is 5.28. The van der Waals surface area contributed by atoms with E-state index in [2.05, 4.69) is 44.2 Å². The number of piperidine rings is 1. The van der Waals surface area contributed by atoms with E-state index in [4.69, 9.17) is 10.9 Å². The molecule has 4 nitrogen and oxygen atoms in total. The largest absolute Gasteiger partial charge is 0.409 e. The molecule has 1 aromatic carbocycles. The van der Waals surface area contributed by atoms with Crippen LogP contribution < -0.4 is 5.73 Å². The standard InChI is InChI=1S/C14H20BrN3OS/c1-20-14(13(16)17-19)6-8-18(9-7-14)10-11-4-2-3-5-12(11)15/h2-5,19H,6-10H2,1H3,(H2,16,17). The van der Waals surface area contributed by atoms with Crippen LogP contribution in [0, 0.1) is 0 Å². The van der Waals surface area contributed by atoms with Gasteiger partial charge in [-0.05, 0) is 30.7 Å². The molecule has 1 aromatic rings. The highest BCUT2D eigenvalue weighted by Gasteiger charge is 2.38. The predicted octanol–water partition coefficient (Wildman–Crippen LogP) is 2.89. The summed E-state index contributed by atoms with van der Waals surface area (Å²) in [7, 11) is 0. The summed E-state index contributed by atoms with van der Waals surface area (Å²) in [6, 6.07) is 8.31. The van der Waals surface area contributed by atoms with Crippen molar-refractivity contribution in [1.82, 2.24) is 4.90 Å². The van der Waals surface area contributed by atoms with Crippen LogP contribution in [0.15, 0.2) is 33.9 Å². The van der Waals surface area contributed by atoms with E-state index in [-0.39, 0.29) is 4.75 Å². The number of nitrogens with zero attached hydrogens (tertiary/aromatic N) is 2. The minimum absolute atomic E-state index is 0.209. The van der Waals surface area contributed by atoms with Crippen molar-refractivity contribution in [2.24, 2.45) is 10.9 Å². The lowest BCUT2D eigenvalue weighted by molar-refractivity contribution is 0.209. The van der Waals surface area contributed by atoms with Crippen LogP contribution in [0.25, 0.3) is 0 Å². The lowest BCUT2D eigenvalue weighted by atomic mass is 9.94. The lowest BCUT2D eigenvalue weighted by Gasteiger charge is -2.39. The van der Waals surface area contributed by atoms with Gasteiger partial charge < -0.3 is 10.9 Å². The number of halogens is 1. The Balaban J connectivity index is 1.99. The van der Waals surface area contributed by atoms with Crippen molar-refractivity contribution in [2.45, 2.75) is 24.1 Å². The summed E-state index contributed by atoms with van der Waals surface area (Å²) in [6.45, 7) is 2.85. The fourth-order valence-electron chi connectivity index (χ4n) is 2.60. The Morgan fingerprint density at radius 3 is 2.65 bits per heavy atom. The van der Waals surface area contributed by atoms with Gasteiger partial charge >= 0.3 is 0 Å². The second kappa shape index (κ2) is 6.83. The van der Waals surface area contributed by atoms with Gasteiger partial charge in [-0.25, -0.2) is 0 Å². The van der Waals surface area contributed by atoms with Gasteiger partial charge in [-0.2, -0.15) is 11.8 Å². The molecule has 0 aromatic heterocycles. The summed E-state index contributed by atoms with van der Waals surface area (Å²) in [5, 5.41) is 12.2. The second-order valence-electron chi connectivity index (χ2n) is 5.05. The molecule has 3 N–H and O–H groups in total. The third-order valence-electron chi connectivity index (χ3n) is 3.98. The van der Waals surface area contributed by atoms with E-state index in [0.29, 0.717) is 5.84 Å². The highest BCUT2D eigenvalue weighted by Crippen LogP contribution is 2.35. The maximum Gasteiger partial charge on any atom is 0.155 e. The summed E-state index contributed by atoms with van der Waals surface area (Å²) < 4.78 is 0.942. The zero-order chi connectivity index (χ0) is 14.6. The van der Waals surface area contributed by atoms with Crippen LogP contribution in [-0.2, 0) is 6.54 Å². The monoisotopic (exact) mass is 357 g/mol. The molecule has 20 heavy (non-hydrogen) atoms. The molecular weight excluding hydrogens is 338 g/mol. The van der Waals surface area contributed by atoms with E-state index < -0.39 is 0 Å².